The second-order valence-electron chi connectivity index (χ2n) is 7.32. The van der Waals surface area contributed by atoms with Crippen molar-refractivity contribution in [3.05, 3.63) is 59.7 Å². The smallest absolute Gasteiger partial charge is 0.257 e. The van der Waals surface area contributed by atoms with Gasteiger partial charge in [-0.15, -0.1) is 0 Å². The van der Waals surface area contributed by atoms with Crippen LogP contribution in [0, 0.1) is 0 Å². The third-order valence-corrected chi connectivity index (χ3v) is 5.24. The van der Waals surface area contributed by atoms with Crippen LogP contribution < -0.4 is 15.4 Å². The molecule has 6 nitrogen and oxygen atoms in total. The molecule has 0 bridgehead atoms. The molecule has 0 radical (unpaired) electrons. The molecular weight excluding hydrogens is 398 g/mol. The molecule has 1 aliphatic heterocycles. The van der Waals surface area contributed by atoms with Gasteiger partial charge in [0.2, 0.25) is 0 Å². The van der Waals surface area contributed by atoms with Crippen molar-refractivity contribution in [2.75, 3.05) is 18.4 Å². The summed E-state index contributed by atoms with van der Waals surface area (Å²) in [6.07, 6.45) is 2.99. The number of para-hydroxylation sites is 1. The van der Waals surface area contributed by atoms with E-state index < -0.39 is 0 Å². The molecule has 158 valence electrons. The summed E-state index contributed by atoms with van der Waals surface area (Å²) in [5, 5.41) is 5.80. The van der Waals surface area contributed by atoms with Crippen LogP contribution >= 0.6 is 12.2 Å². The minimum absolute atomic E-state index is 0.0281. The van der Waals surface area contributed by atoms with Gasteiger partial charge >= 0.3 is 0 Å². The summed E-state index contributed by atoms with van der Waals surface area (Å²) in [5.74, 6) is 0.266. The average molecular weight is 426 g/mol. The number of hydrogen-bond acceptors (Lipinski definition) is 4. The number of carbonyl (C=O) groups is 2. The molecule has 0 aromatic heterocycles. The Morgan fingerprint density at radius 3 is 2.60 bits per heavy atom. The number of ether oxygens (including phenoxy) is 1. The van der Waals surface area contributed by atoms with Crippen molar-refractivity contribution >= 4 is 34.8 Å². The van der Waals surface area contributed by atoms with Crippen molar-refractivity contribution in [3.63, 3.8) is 0 Å². The van der Waals surface area contributed by atoms with E-state index in [4.69, 9.17) is 17.0 Å². The Balaban J connectivity index is 1.65. The van der Waals surface area contributed by atoms with Crippen molar-refractivity contribution in [2.24, 2.45) is 0 Å². The number of rotatable bonds is 6. The van der Waals surface area contributed by atoms with E-state index in [0.717, 1.165) is 32.4 Å². The van der Waals surface area contributed by atoms with Crippen molar-refractivity contribution in [2.45, 2.75) is 39.2 Å². The zero-order chi connectivity index (χ0) is 21.5. The molecule has 1 aliphatic rings. The van der Waals surface area contributed by atoms with Gasteiger partial charge in [-0.05, 0) is 68.7 Å². The third-order valence-electron chi connectivity index (χ3n) is 5.03. The predicted molar refractivity (Wildman–Crippen MR) is 122 cm³/mol. The summed E-state index contributed by atoms with van der Waals surface area (Å²) >= 11 is 5.32. The van der Waals surface area contributed by atoms with Gasteiger partial charge in [-0.1, -0.05) is 25.1 Å². The van der Waals surface area contributed by atoms with Crippen molar-refractivity contribution in [1.82, 2.24) is 10.2 Å². The van der Waals surface area contributed by atoms with Gasteiger partial charge in [-0.3, -0.25) is 14.9 Å². The van der Waals surface area contributed by atoms with Crippen LogP contribution in [-0.4, -0.2) is 41.0 Å². The fraction of sp³-hybridized carbons (Fsp3) is 0.348. The number of nitrogens with zero attached hydrogens (tertiary/aromatic N) is 1. The second kappa shape index (κ2) is 10.2. The number of benzene rings is 2. The quantitative estimate of drug-likeness (QED) is 0.678. The molecule has 2 aromatic carbocycles. The molecule has 3 rings (SSSR count). The first-order valence-electron chi connectivity index (χ1n) is 10.2. The van der Waals surface area contributed by atoms with Crippen LogP contribution in [0.4, 0.5) is 5.69 Å². The maximum absolute atomic E-state index is 12.8. The summed E-state index contributed by atoms with van der Waals surface area (Å²) in [4.78, 5) is 27.2. The Hall–Kier alpha value is -2.93. The Kier molecular flexibility index (Phi) is 7.41. The highest BCUT2D eigenvalue weighted by atomic mass is 32.1. The lowest BCUT2D eigenvalue weighted by Gasteiger charge is -2.18. The van der Waals surface area contributed by atoms with E-state index in [1.54, 1.807) is 30.3 Å². The first-order valence-corrected chi connectivity index (χ1v) is 10.7. The normalized spacial score (nSPS) is 14.1. The van der Waals surface area contributed by atoms with E-state index in [2.05, 4.69) is 10.6 Å². The fourth-order valence-electron chi connectivity index (χ4n) is 3.22. The van der Waals surface area contributed by atoms with Crippen LogP contribution in [0.3, 0.4) is 0 Å². The maximum atomic E-state index is 12.8. The largest absolute Gasteiger partial charge is 0.491 e. The Morgan fingerprint density at radius 1 is 1.13 bits per heavy atom. The molecule has 1 fully saturated rings. The molecule has 7 heteroatoms. The number of hydrogen-bond donors (Lipinski definition) is 2. The zero-order valence-corrected chi connectivity index (χ0v) is 18.1. The Labute approximate surface area is 182 Å². The van der Waals surface area contributed by atoms with Gasteiger partial charge < -0.3 is 15.0 Å². The minimum atomic E-state index is -0.342. The number of amides is 2. The average Bonchev–Trinajstić information content (AvgIpc) is 3.28. The lowest BCUT2D eigenvalue weighted by atomic mass is 10.1. The number of anilines is 1. The predicted octanol–water partition coefficient (Wildman–Crippen LogP) is 4.23. The topological polar surface area (TPSA) is 70.7 Å². The van der Waals surface area contributed by atoms with E-state index in [1.165, 1.54) is 0 Å². The standard InChI is InChI=1S/C23H27N3O3S/c1-3-16(2)29-18-10-8-9-17(15-18)21(27)25-23(30)24-20-12-5-4-11-19(20)22(28)26-13-6-7-14-26/h4-5,8-12,15-16H,3,6-7,13-14H2,1-2H3,(H2,24,25,27,30). The summed E-state index contributed by atoms with van der Waals surface area (Å²) in [7, 11) is 0. The molecule has 0 saturated carbocycles. The van der Waals surface area contributed by atoms with E-state index >= 15 is 0 Å². The molecule has 0 spiro atoms. The summed E-state index contributed by atoms with van der Waals surface area (Å²) in [6.45, 7) is 5.55. The van der Waals surface area contributed by atoms with Crippen LogP contribution in [-0.2, 0) is 0 Å². The van der Waals surface area contributed by atoms with E-state index in [0.29, 0.717) is 22.6 Å². The van der Waals surface area contributed by atoms with Gasteiger partial charge in [0.25, 0.3) is 11.8 Å². The van der Waals surface area contributed by atoms with Crippen molar-refractivity contribution in [1.29, 1.82) is 0 Å². The number of thiocarbonyl (C=S) groups is 1. The summed E-state index contributed by atoms with van der Waals surface area (Å²) in [5.41, 5.74) is 1.56. The van der Waals surface area contributed by atoms with Gasteiger partial charge in [0.15, 0.2) is 5.11 Å². The Morgan fingerprint density at radius 2 is 1.87 bits per heavy atom. The van der Waals surface area contributed by atoms with Crippen LogP contribution in [0.5, 0.6) is 5.75 Å². The van der Waals surface area contributed by atoms with Crippen LogP contribution in [0.1, 0.15) is 53.8 Å². The summed E-state index contributed by atoms with van der Waals surface area (Å²) in [6, 6.07) is 14.2. The highest BCUT2D eigenvalue weighted by Crippen LogP contribution is 2.20. The lowest BCUT2D eigenvalue weighted by Crippen LogP contribution is -2.35. The van der Waals surface area contributed by atoms with Gasteiger partial charge in [0.05, 0.1) is 17.4 Å². The molecular formula is C23H27N3O3S. The van der Waals surface area contributed by atoms with Crippen molar-refractivity contribution in [3.8, 4) is 5.75 Å². The number of carbonyl (C=O) groups excluding carboxylic acids is 2. The molecule has 1 unspecified atom stereocenters. The van der Waals surface area contributed by atoms with Gasteiger partial charge in [0, 0.05) is 18.7 Å². The number of likely N-dealkylation sites (tertiary alicyclic amines) is 1. The molecule has 1 saturated heterocycles. The van der Waals surface area contributed by atoms with E-state index in [1.807, 2.05) is 36.9 Å². The van der Waals surface area contributed by atoms with Crippen molar-refractivity contribution < 1.29 is 14.3 Å². The van der Waals surface area contributed by atoms with Gasteiger partial charge in [-0.25, -0.2) is 0 Å². The second-order valence-corrected chi connectivity index (χ2v) is 7.73. The monoisotopic (exact) mass is 425 g/mol. The SMILES string of the molecule is CCC(C)Oc1cccc(C(=O)NC(=S)Nc2ccccc2C(=O)N2CCCC2)c1. The molecule has 0 aliphatic carbocycles. The third kappa shape index (κ3) is 5.57. The first kappa shape index (κ1) is 21.8. The zero-order valence-electron chi connectivity index (χ0n) is 17.3. The van der Waals surface area contributed by atoms with E-state index in [9.17, 15) is 9.59 Å². The maximum Gasteiger partial charge on any atom is 0.257 e. The number of nitrogens with one attached hydrogen (secondary N) is 2. The minimum Gasteiger partial charge on any atom is -0.491 e. The van der Waals surface area contributed by atoms with E-state index in [-0.39, 0.29) is 23.0 Å². The highest BCUT2D eigenvalue weighted by molar-refractivity contribution is 7.80. The van der Waals surface area contributed by atoms with Crippen LogP contribution in [0.15, 0.2) is 48.5 Å². The molecule has 2 N–H and O–H groups in total. The fourth-order valence-corrected chi connectivity index (χ4v) is 3.43. The Bertz CT molecular complexity index is 925. The molecule has 2 aromatic rings. The first-order chi connectivity index (χ1) is 14.5. The van der Waals surface area contributed by atoms with Gasteiger partial charge in [-0.2, -0.15) is 0 Å². The summed E-state index contributed by atoms with van der Waals surface area (Å²) < 4.78 is 5.78. The molecule has 1 heterocycles. The van der Waals surface area contributed by atoms with Crippen LogP contribution in [0.2, 0.25) is 0 Å². The highest BCUT2D eigenvalue weighted by Gasteiger charge is 2.22. The van der Waals surface area contributed by atoms with Crippen LogP contribution in [0.25, 0.3) is 0 Å². The molecule has 2 amide bonds. The molecule has 30 heavy (non-hydrogen) atoms. The lowest BCUT2D eigenvalue weighted by molar-refractivity contribution is 0.0793. The van der Waals surface area contributed by atoms with Gasteiger partial charge in [0.1, 0.15) is 5.75 Å². The molecule has 1 atom stereocenters.